The first-order valence-electron chi connectivity index (χ1n) is 6.74. The van der Waals surface area contributed by atoms with E-state index in [1.165, 1.54) is 0 Å². The number of rotatable bonds is 4. The van der Waals surface area contributed by atoms with Crippen molar-refractivity contribution in [3.63, 3.8) is 0 Å². The summed E-state index contributed by atoms with van der Waals surface area (Å²) < 4.78 is 25.0. The fourth-order valence-electron chi connectivity index (χ4n) is 2.29. The number of pyridine rings is 1. The highest BCUT2D eigenvalue weighted by atomic mass is 19.3. The summed E-state index contributed by atoms with van der Waals surface area (Å²) in [5, 5.41) is 18.5. The third-order valence-electron chi connectivity index (χ3n) is 3.69. The minimum atomic E-state index is -3.69. The first kappa shape index (κ1) is 14.1. The van der Waals surface area contributed by atoms with Gasteiger partial charge in [0.25, 0.3) is 0 Å². The molecule has 1 aliphatic carbocycles. The Labute approximate surface area is 120 Å². The standard InChI is InChI=1S/C16H15F2NO2/c17-16(18,21)9-11-1-3-12(4-2-11)14-6-5-13(10-19-14)15(20)7-8-15/h1-6,10,20-21H,7-9H2. The SMILES string of the molecule is OC(F)(F)Cc1ccc(-c2ccc(C3(O)CC3)cn2)cc1. The highest BCUT2D eigenvalue weighted by Gasteiger charge is 2.42. The van der Waals surface area contributed by atoms with Gasteiger partial charge in [0, 0.05) is 17.3 Å². The van der Waals surface area contributed by atoms with E-state index in [1.54, 1.807) is 36.5 Å². The summed E-state index contributed by atoms with van der Waals surface area (Å²) in [5.74, 6) is 0. The Morgan fingerprint density at radius 3 is 2.24 bits per heavy atom. The lowest BCUT2D eigenvalue weighted by atomic mass is 10.0. The van der Waals surface area contributed by atoms with Crippen molar-refractivity contribution in [1.82, 2.24) is 4.98 Å². The second-order valence-corrected chi connectivity index (χ2v) is 5.50. The molecule has 0 spiro atoms. The van der Waals surface area contributed by atoms with Gasteiger partial charge in [0.2, 0.25) is 0 Å². The third kappa shape index (κ3) is 3.25. The molecule has 0 amide bonds. The Kier molecular flexibility index (Phi) is 3.26. The normalized spacial score (nSPS) is 16.8. The zero-order valence-electron chi connectivity index (χ0n) is 11.3. The molecule has 1 aromatic carbocycles. The molecule has 5 heteroatoms. The maximum Gasteiger partial charge on any atom is 0.357 e. The van der Waals surface area contributed by atoms with Gasteiger partial charge in [0.15, 0.2) is 0 Å². The third-order valence-corrected chi connectivity index (χ3v) is 3.69. The molecule has 2 aromatic rings. The van der Waals surface area contributed by atoms with Crippen LogP contribution >= 0.6 is 0 Å². The van der Waals surface area contributed by atoms with Crippen molar-refractivity contribution in [3.8, 4) is 11.3 Å². The molecular weight excluding hydrogens is 276 g/mol. The van der Waals surface area contributed by atoms with Crippen molar-refractivity contribution >= 4 is 0 Å². The summed E-state index contributed by atoms with van der Waals surface area (Å²) in [4.78, 5) is 4.30. The lowest BCUT2D eigenvalue weighted by molar-refractivity contribution is -0.196. The van der Waals surface area contributed by atoms with Crippen LogP contribution in [0, 0.1) is 0 Å². The van der Waals surface area contributed by atoms with Crippen LogP contribution in [-0.4, -0.2) is 21.3 Å². The van der Waals surface area contributed by atoms with E-state index in [-0.39, 0.29) is 0 Å². The monoisotopic (exact) mass is 291 g/mol. The first-order chi connectivity index (χ1) is 9.86. The van der Waals surface area contributed by atoms with Crippen molar-refractivity contribution in [1.29, 1.82) is 0 Å². The van der Waals surface area contributed by atoms with E-state index in [4.69, 9.17) is 5.11 Å². The molecule has 3 rings (SSSR count). The molecule has 0 saturated heterocycles. The molecule has 110 valence electrons. The molecule has 1 heterocycles. The van der Waals surface area contributed by atoms with Crippen LogP contribution in [0.3, 0.4) is 0 Å². The smallest absolute Gasteiger partial charge is 0.357 e. The summed E-state index contributed by atoms with van der Waals surface area (Å²) in [6.07, 6.45) is -1.22. The zero-order valence-corrected chi connectivity index (χ0v) is 11.3. The van der Waals surface area contributed by atoms with E-state index in [0.29, 0.717) is 11.3 Å². The summed E-state index contributed by atoms with van der Waals surface area (Å²) in [5.41, 5.74) is 1.97. The molecule has 1 aliphatic rings. The van der Waals surface area contributed by atoms with Gasteiger partial charge in [0.05, 0.1) is 17.7 Å². The fourth-order valence-corrected chi connectivity index (χ4v) is 2.29. The molecule has 1 saturated carbocycles. The van der Waals surface area contributed by atoms with Gasteiger partial charge >= 0.3 is 6.11 Å². The van der Waals surface area contributed by atoms with Crippen LogP contribution in [0.2, 0.25) is 0 Å². The van der Waals surface area contributed by atoms with Crippen LogP contribution in [0.1, 0.15) is 24.0 Å². The Morgan fingerprint density at radius 2 is 1.76 bits per heavy atom. The average molecular weight is 291 g/mol. The Balaban J connectivity index is 1.77. The van der Waals surface area contributed by atoms with Gasteiger partial charge in [-0.25, -0.2) is 0 Å². The molecule has 21 heavy (non-hydrogen) atoms. The summed E-state index contributed by atoms with van der Waals surface area (Å²) in [6, 6.07) is 10.1. The van der Waals surface area contributed by atoms with Crippen LogP contribution in [0.15, 0.2) is 42.6 Å². The van der Waals surface area contributed by atoms with Gasteiger partial charge in [0.1, 0.15) is 0 Å². The van der Waals surface area contributed by atoms with Gasteiger partial charge in [-0.1, -0.05) is 30.3 Å². The van der Waals surface area contributed by atoms with Crippen LogP contribution in [0.25, 0.3) is 11.3 Å². The summed E-state index contributed by atoms with van der Waals surface area (Å²) in [7, 11) is 0. The Hall–Kier alpha value is -1.85. The van der Waals surface area contributed by atoms with E-state index < -0.39 is 18.1 Å². The lowest BCUT2D eigenvalue weighted by Gasteiger charge is -2.10. The predicted octanol–water partition coefficient (Wildman–Crippen LogP) is 2.86. The highest BCUT2D eigenvalue weighted by molar-refractivity contribution is 5.59. The van der Waals surface area contributed by atoms with Crippen LogP contribution in [-0.2, 0) is 12.0 Å². The molecule has 1 aromatic heterocycles. The van der Waals surface area contributed by atoms with Crippen LogP contribution in [0.5, 0.6) is 0 Å². The molecule has 0 unspecified atom stereocenters. The number of aliphatic hydroxyl groups is 2. The average Bonchev–Trinajstić information content (AvgIpc) is 3.17. The van der Waals surface area contributed by atoms with E-state index in [1.807, 2.05) is 6.07 Å². The molecule has 0 bridgehead atoms. The van der Waals surface area contributed by atoms with Crippen LogP contribution in [0.4, 0.5) is 8.78 Å². The van der Waals surface area contributed by atoms with E-state index >= 15 is 0 Å². The minimum Gasteiger partial charge on any atom is -0.385 e. The van der Waals surface area contributed by atoms with Gasteiger partial charge in [-0.3, -0.25) is 4.98 Å². The van der Waals surface area contributed by atoms with E-state index in [9.17, 15) is 13.9 Å². The van der Waals surface area contributed by atoms with Crippen molar-refractivity contribution in [2.24, 2.45) is 0 Å². The maximum absolute atomic E-state index is 12.5. The fraction of sp³-hybridized carbons (Fsp3) is 0.312. The van der Waals surface area contributed by atoms with Gasteiger partial charge in [-0.05, 0) is 24.5 Å². The van der Waals surface area contributed by atoms with Crippen LogP contribution < -0.4 is 0 Å². The quantitative estimate of drug-likeness (QED) is 0.910. The second kappa shape index (κ2) is 4.86. The number of halogens is 2. The topological polar surface area (TPSA) is 53.4 Å². The van der Waals surface area contributed by atoms with Gasteiger partial charge in [-0.15, -0.1) is 0 Å². The van der Waals surface area contributed by atoms with Gasteiger partial charge < -0.3 is 10.2 Å². The van der Waals surface area contributed by atoms with Gasteiger partial charge in [-0.2, -0.15) is 8.78 Å². The molecule has 2 N–H and O–H groups in total. The molecule has 0 atom stereocenters. The van der Waals surface area contributed by atoms with E-state index in [2.05, 4.69) is 4.98 Å². The van der Waals surface area contributed by atoms with Crippen molar-refractivity contribution < 1.29 is 19.0 Å². The number of alkyl halides is 2. The predicted molar refractivity (Wildman–Crippen MR) is 73.7 cm³/mol. The summed E-state index contributed by atoms with van der Waals surface area (Å²) in [6.45, 7) is 0. The zero-order chi connectivity index (χ0) is 15.1. The molecule has 1 fully saturated rings. The van der Waals surface area contributed by atoms with Crippen molar-refractivity contribution in [2.45, 2.75) is 31.0 Å². The number of nitrogens with zero attached hydrogens (tertiary/aromatic N) is 1. The molecule has 3 nitrogen and oxygen atoms in total. The summed E-state index contributed by atoms with van der Waals surface area (Å²) >= 11 is 0. The number of benzene rings is 1. The minimum absolute atomic E-state index is 0.357. The van der Waals surface area contributed by atoms with E-state index in [0.717, 1.165) is 24.0 Å². The largest absolute Gasteiger partial charge is 0.385 e. The highest BCUT2D eigenvalue weighted by Crippen LogP contribution is 2.45. The second-order valence-electron chi connectivity index (χ2n) is 5.50. The lowest BCUT2D eigenvalue weighted by Crippen LogP contribution is -2.17. The first-order valence-corrected chi connectivity index (χ1v) is 6.74. The molecular formula is C16H15F2NO2. The number of hydrogen-bond acceptors (Lipinski definition) is 3. The molecule has 0 aliphatic heterocycles. The van der Waals surface area contributed by atoms with Crippen molar-refractivity contribution in [3.05, 3.63) is 53.7 Å². The number of hydrogen-bond donors (Lipinski definition) is 2. The Bertz CT molecular complexity index is 629. The number of aromatic nitrogens is 1. The maximum atomic E-state index is 12.5. The van der Waals surface area contributed by atoms with Crippen molar-refractivity contribution in [2.75, 3.05) is 0 Å². The molecule has 0 radical (unpaired) electrons. The Morgan fingerprint density at radius 1 is 1.10 bits per heavy atom.